The molecule has 0 unspecified atom stereocenters. The van der Waals surface area contributed by atoms with Gasteiger partial charge in [-0.3, -0.25) is 4.79 Å². The van der Waals surface area contributed by atoms with E-state index in [-0.39, 0.29) is 5.91 Å². The molecule has 1 aliphatic heterocycles. The number of anilines is 2. The zero-order chi connectivity index (χ0) is 13.1. The predicted octanol–water partition coefficient (Wildman–Crippen LogP) is 2.28. The summed E-state index contributed by atoms with van der Waals surface area (Å²) in [4.78, 5) is 13.7. The van der Waals surface area contributed by atoms with Crippen molar-refractivity contribution in [2.75, 3.05) is 16.8 Å². The number of rotatable bonds is 4. The standard InChI is InChI=1S/C13H14N4OS/c18-13-6-3-7-17(13)12-5-2-1-4-11(12)14-8-10-9-19-16-15-10/h1-2,4-5,9,14H,3,6-8H2. The lowest BCUT2D eigenvalue weighted by Gasteiger charge is -2.20. The van der Waals surface area contributed by atoms with Crippen LogP contribution in [-0.4, -0.2) is 22.0 Å². The predicted molar refractivity (Wildman–Crippen MR) is 75.3 cm³/mol. The highest BCUT2D eigenvalue weighted by molar-refractivity contribution is 7.03. The molecular weight excluding hydrogens is 260 g/mol. The van der Waals surface area contributed by atoms with Gasteiger partial charge in [-0.05, 0) is 30.1 Å². The Bertz CT molecular complexity index is 570. The van der Waals surface area contributed by atoms with E-state index in [1.54, 1.807) is 0 Å². The summed E-state index contributed by atoms with van der Waals surface area (Å²) < 4.78 is 3.83. The van der Waals surface area contributed by atoms with Crippen molar-refractivity contribution in [2.24, 2.45) is 0 Å². The highest BCUT2D eigenvalue weighted by Crippen LogP contribution is 2.29. The molecular formula is C13H14N4OS. The number of aromatic nitrogens is 2. The van der Waals surface area contributed by atoms with Crippen LogP contribution in [0.2, 0.25) is 0 Å². The van der Waals surface area contributed by atoms with Gasteiger partial charge in [0.05, 0.1) is 23.6 Å². The molecule has 0 bridgehead atoms. The quantitative estimate of drug-likeness (QED) is 0.929. The van der Waals surface area contributed by atoms with Crippen molar-refractivity contribution < 1.29 is 4.79 Å². The van der Waals surface area contributed by atoms with E-state index in [2.05, 4.69) is 14.9 Å². The Labute approximate surface area is 115 Å². The maximum Gasteiger partial charge on any atom is 0.227 e. The van der Waals surface area contributed by atoms with Gasteiger partial charge in [0, 0.05) is 18.3 Å². The second kappa shape index (κ2) is 5.36. The second-order valence-electron chi connectivity index (χ2n) is 4.42. The molecule has 6 heteroatoms. The zero-order valence-electron chi connectivity index (χ0n) is 10.4. The molecule has 5 nitrogen and oxygen atoms in total. The molecule has 1 N–H and O–H groups in total. The van der Waals surface area contributed by atoms with E-state index >= 15 is 0 Å². The van der Waals surface area contributed by atoms with E-state index in [4.69, 9.17) is 0 Å². The topological polar surface area (TPSA) is 58.1 Å². The van der Waals surface area contributed by atoms with Crippen LogP contribution in [0, 0.1) is 0 Å². The van der Waals surface area contributed by atoms with Crippen molar-refractivity contribution in [3.63, 3.8) is 0 Å². The maximum atomic E-state index is 11.8. The summed E-state index contributed by atoms with van der Waals surface area (Å²) in [5.41, 5.74) is 2.83. The van der Waals surface area contributed by atoms with Gasteiger partial charge in [0.1, 0.15) is 0 Å². The third-order valence-electron chi connectivity index (χ3n) is 3.13. The number of hydrogen-bond donors (Lipinski definition) is 1. The van der Waals surface area contributed by atoms with Crippen molar-refractivity contribution in [3.05, 3.63) is 35.3 Å². The van der Waals surface area contributed by atoms with Gasteiger partial charge in [0.25, 0.3) is 0 Å². The van der Waals surface area contributed by atoms with Gasteiger partial charge in [-0.1, -0.05) is 16.6 Å². The Balaban J connectivity index is 1.79. The molecule has 0 radical (unpaired) electrons. The van der Waals surface area contributed by atoms with Crippen molar-refractivity contribution in [2.45, 2.75) is 19.4 Å². The van der Waals surface area contributed by atoms with Gasteiger partial charge in [-0.15, -0.1) is 5.10 Å². The maximum absolute atomic E-state index is 11.8. The van der Waals surface area contributed by atoms with E-state index in [0.717, 1.165) is 30.0 Å². The monoisotopic (exact) mass is 274 g/mol. The van der Waals surface area contributed by atoms with Crippen LogP contribution in [-0.2, 0) is 11.3 Å². The minimum absolute atomic E-state index is 0.199. The molecule has 2 aromatic rings. The molecule has 0 atom stereocenters. The second-order valence-corrected chi connectivity index (χ2v) is 5.03. The van der Waals surface area contributed by atoms with Crippen molar-refractivity contribution in [3.8, 4) is 0 Å². The molecule has 2 heterocycles. The third kappa shape index (κ3) is 2.58. The molecule has 1 fully saturated rings. The number of nitrogens with one attached hydrogen (secondary N) is 1. The van der Waals surface area contributed by atoms with Crippen molar-refractivity contribution in [1.29, 1.82) is 0 Å². The fourth-order valence-electron chi connectivity index (χ4n) is 2.21. The van der Waals surface area contributed by atoms with Crippen molar-refractivity contribution >= 4 is 28.8 Å². The summed E-state index contributed by atoms with van der Waals surface area (Å²) in [6.45, 7) is 1.42. The molecule has 1 aliphatic rings. The van der Waals surface area contributed by atoms with Crippen LogP contribution >= 0.6 is 11.5 Å². The Kier molecular flexibility index (Phi) is 3.41. The first-order valence-electron chi connectivity index (χ1n) is 6.24. The first-order chi connectivity index (χ1) is 9.34. The summed E-state index contributed by atoms with van der Waals surface area (Å²) in [5, 5.41) is 9.24. The highest BCUT2D eigenvalue weighted by atomic mass is 32.1. The van der Waals surface area contributed by atoms with Crippen LogP contribution < -0.4 is 10.2 Å². The molecule has 0 saturated carbocycles. The van der Waals surface area contributed by atoms with E-state index < -0.39 is 0 Å². The lowest BCUT2D eigenvalue weighted by Crippen LogP contribution is -2.24. The summed E-state index contributed by atoms with van der Waals surface area (Å²) in [5.74, 6) is 0.199. The van der Waals surface area contributed by atoms with Gasteiger partial charge in [-0.25, -0.2) is 0 Å². The summed E-state index contributed by atoms with van der Waals surface area (Å²) in [6, 6.07) is 7.88. The number of hydrogen-bond acceptors (Lipinski definition) is 5. The van der Waals surface area contributed by atoms with Gasteiger partial charge in [0.15, 0.2) is 0 Å². The fraction of sp³-hybridized carbons (Fsp3) is 0.308. The average Bonchev–Trinajstić information content (AvgIpc) is 3.08. The molecule has 1 aromatic heterocycles. The molecule has 3 rings (SSSR count). The summed E-state index contributed by atoms with van der Waals surface area (Å²) in [6.07, 6.45) is 1.58. The number of amides is 1. The SMILES string of the molecule is O=C1CCCN1c1ccccc1NCc1csnn1. The Morgan fingerprint density at radius 3 is 3.00 bits per heavy atom. The van der Waals surface area contributed by atoms with Crippen LogP contribution in [0.25, 0.3) is 0 Å². The lowest BCUT2D eigenvalue weighted by atomic mass is 10.2. The van der Waals surface area contributed by atoms with Crippen LogP contribution in [0.15, 0.2) is 29.6 Å². The van der Waals surface area contributed by atoms with Crippen LogP contribution in [0.1, 0.15) is 18.5 Å². The summed E-state index contributed by atoms with van der Waals surface area (Å²) >= 11 is 1.34. The van der Waals surface area contributed by atoms with Crippen LogP contribution in [0.3, 0.4) is 0 Å². The summed E-state index contributed by atoms with van der Waals surface area (Å²) in [7, 11) is 0. The largest absolute Gasteiger partial charge is 0.378 e. The minimum Gasteiger partial charge on any atom is -0.378 e. The molecule has 19 heavy (non-hydrogen) atoms. The van der Waals surface area contributed by atoms with Gasteiger partial charge in [0.2, 0.25) is 5.91 Å². The van der Waals surface area contributed by atoms with E-state index in [0.29, 0.717) is 13.0 Å². The molecule has 0 aliphatic carbocycles. The third-order valence-corrected chi connectivity index (χ3v) is 3.69. The van der Waals surface area contributed by atoms with Gasteiger partial charge < -0.3 is 10.2 Å². The minimum atomic E-state index is 0.199. The van der Waals surface area contributed by atoms with Crippen LogP contribution in [0.5, 0.6) is 0 Å². The average molecular weight is 274 g/mol. The van der Waals surface area contributed by atoms with Gasteiger partial charge >= 0.3 is 0 Å². The molecule has 1 saturated heterocycles. The van der Waals surface area contributed by atoms with Crippen LogP contribution in [0.4, 0.5) is 11.4 Å². The Morgan fingerprint density at radius 1 is 1.37 bits per heavy atom. The van der Waals surface area contributed by atoms with E-state index in [1.165, 1.54) is 11.5 Å². The first kappa shape index (κ1) is 12.1. The lowest BCUT2D eigenvalue weighted by molar-refractivity contribution is -0.117. The highest BCUT2D eigenvalue weighted by Gasteiger charge is 2.23. The van der Waals surface area contributed by atoms with E-state index in [1.807, 2.05) is 34.5 Å². The fourth-order valence-corrected chi connectivity index (χ4v) is 2.66. The van der Waals surface area contributed by atoms with Crippen molar-refractivity contribution in [1.82, 2.24) is 9.59 Å². The molecule has 1 aromatic carbocycles. The molecule has 0 spiro atoms. The number of nitrogens with zero attached hydrogens (tertiary/aromatic N) is 3. The van der Waals surface area contributed by atoms with Gasteiger partial charge in [-0.2, -0.15) is 0 Å². The smallest absolute Gasteiger partial charge is 0.227 e. The molecule has 1 amide bonds. The number of carbonyl (C=O) groups is 1. The number of benzene rings is 1. The first-order valence-corrected chi connectivity index (χ1v) is 7.07. The van der Waals surface area contributed by atoms with E-state index in [9.17, 15) is 4.79 Å². The Hall–Kier alpha value is -1.95. The number of carbonyl (C=O) groups excluding carboxylic acids is 1. The Morgan fingerprint density at radius 2 is 2.26 bits per heavy atom. The normalized spacial score (nSPS) is 14.9. The zero-order valence-corrected chi connectivity index (χ0v) is 11.2. The number of para-hydroxylation sites is 2. The molecule has 98 valence electrons.